The van der Waals surface area contributed by atoms with E-state index in [9.17, 15) is 19.5 Å². The van der Waals surface area contributed by atoms with Crippen LogP contribution in [-0.2, 0) is 33.3 Å². The predicted molar refractivity (Wildman–Crippen MR) is 399 cm³/mol. The SMILES string of the molecule is CCCCCCC/C=C\C/C=C\C/C=C\CCCCCCCCCCCCCCCCCCCCCCCCCCC(=O)OC(COC(=O)CCCCCCCCCCCCCCCCCCC/C=C\C/C=C\CCCCCCC)COC(OCC[N+](C)(C)C)C(=O)[O-]. The van der Waals surface area contributed by atoms with E-state index >= 15 is 0 Å². The van der Waals surface area contributed by atoms with Gasteiger partial charge in [0.25, 0.3) is 0 Å². The predicted octanol–water partition coefficient (Wildman–Crippen LogP) is 24.5. The van der Waals surface area contributed by atoms with Gasteiger partial charge in [-0.25, -0.2) is 0 Å². The molecular weight excluding hydrogens is 1150 g/mol. The van der Waals surface area contributed by atoms with Crippen molar-refractivity contribution in [2.45, 2.75) is 411 Å². The van der Waals surface area contributed by atoms with Crippen molar-refractivity contribution >= 4 is 17.9 Å². The number of unbranched alkanes of at least 4 members (excludes halogenated alkanes) is 51. The molecule has 0 fully saturated rings. The highest BCUT2D eigenvalue weighted by molar-refractivity contribution is 5.70. The summed E-state index contributed by atoms with van der Waals surface area (Å²) in [5, 5.41) is 11.9. The number of rotatable bonds is 76. The Morgan fingerprint density at radius 2 is 0.581 bits per heavy atom. The van der Waals surface area contributed by atoms with Gasteiger partial charge in [-0.2, -0.15) is 0 Å². The van der Waals surface area contributed by atoms with Crippen LogP contribution in [0.15, 0.2) is 60.8 Å². The van der Waals surface area contributed by atoms with Gasteiger partial charge in [0, 0.05) is 12.8 Å². The van der Waals surface area contributed by atoms with E-state index in [0.717, 1.165) is 57.8 Å². The van der Waals surface area contributed by atoms with Crippen molar-refractivity contribution in [1.82, 2.24) is 0 Å². The summed E-state index contributed by atoms with van der Waals surface area (Å²) in [6, 6.07) is 0. The molecule has 0 saturated carbocycles. The molecule has 0 aliphatic rings. The van der Waals surface area contributed by atoms with Crippen LogP contribution in [0.4, 0.5) is 0 Å². The number of carbonyl (C=O) groups excluding carboxylic acids is 3. The highest BCUT2D eigenvalue weighted by Crippen LogP contribution is 2.19. The molecule has 0 rings (SSSR count). The summed E-state index contributed by atoms with van der Waals surface area (Å²) in [7, 11) is 5.95. The van der Waals surface area contributed by atoms with Crippen molar-refractivity contribution in [3.63, 3.8) is 0 Å². The summed E-state index contributed by atoms with van der Waals surface area (Å²) in [4.78, 5) is 37.6. The minimum absolute atomic E-state index is 0.150. The molecule has 0 aromatic heterocycles. The molecule has 0 aromatic rings. The van der Waals surface area contributed by atoms with Gasteiger partial charge in [0.1, 0.15) is 13.2 Å². The first kappa shape index (κ1) is 90.0. The number of carboxylic acids is 1. The number of esters is 2. The number of ether oxygens (including phenoxy) is 4. The molecule has 0 heterocycles. The quantitative estimate of drug-likeness (QED) is 0.0195. The van der Waals surface area contributed by atoms with E-state index in [0.29, 0.717) is 17.4 Å². The van der Waals surface area contributed by atoms with Crippen LogP contribution in [0.5, 0.6) is 0 Å². The Balaban J connectivity index is 3.97. The summed E-state index contributed by atoms with van der Waals surface area (Å²) in [6.07, 6.45) is 96.3. The Labute approximate surface area is 577 Å². The van der Waals surface area contributed by atoms with Gasteiger partial charge in [-0.1, -0.05) is 364 Å². The number of nitrogens with zero attached hydrogens (tertiary/aromatic N) is 1. The lowest BCUT2D eigenvalue weighted by molar-refractivity contribution is -0.870. The maximum absolute atomic E-state index is 13.0. The Bertz CT molecular complexity index is 1710. The molecule has 0 spiro atoms. The van der Waals surface area contributed by atoms with Crippen LogP contribution in [0.2, 0.25) is 0 Å². The molecular formula is C84H155NO8. The van der Waals surface area contributed by atoms with Gasteiger partial charge in [-0.05, 0) is 83.5 Å². The average molecular weight is 1310 g/mol. The van der Waals surface area contributed by atoms with Gasteiger partial charge < -0.3 is 33.3 Å². The molecule has 0 amide bonds. The standard InChI is InChI=1S/C84H155NO8/c1-6-8-10-12-14-16-18-20-22-24-26-28-30-32-34-36-37-38-39-40-41-42-43-44-45-47-49-51-53-55-57-59-61-63-65-67-69-71-73-75-82(87)93-80(79-92-84(83(88)89)90-77-76-85(3,4)5)78-91-81(86)74-72-70-68-66-64-62-60-58-56-54-52-50-48-46-35-33-31-29-27-25-23-21-19-17-15-13-11-9-7-2/h18-21,24-27,30,32,80,84H,6-17,22-23,28-29,31,33-79H2,1-5H3/b20-18-,21-19-,26-24-,27-25-,32-30-. The molecule has 0 radical (unpaired) electrons. The van der Waals surface area contributed by atoms with Crippen LogP contribution < -0.4 is 5.11 Å². The highest BCUT2D eigenvalue weighted by atomic mass is 16.7. The first-order chi connectivity index (χ1) is 45.6. The minimum Gasteiger partial charge on any atom is -0.545 e. The zero-order valence-corrected chi connectivity index (χ0v) is 62.4. The summed E-state index contributed by atoms with van der Waals surface area (Å²) < 4.78 is 22.9. The number of hydrogen-bond acceptors (Lipinski definition) is 8. The van der Waals surface area contributed by atoms with Gasteiger partial charge in [0.2, 0.25) is 0 Å². The zero-order chi connectivity index (χ0) is 67.5. The summed E-state index contributed by atoms with van der Waals surface area (Å²) in [5.74, 6) is -2.25. The Morgan fingerprint density at radius 1 is 0.323 bits per heavy atom. The van der Waals surface area contributed by atoms with Crippen molar-refractivity contribution in [2.24, 2.45) is 0 Å². The fraction of sp³-hybridized carbons (Fsp3) is 0.845. The van der Waals surface area contributed by atoms with Crippen LogP contribution in [-0.4, -0.2) is 82.3 Å². The molecule has 0 saturated heterocycles. The van der Waals surface area contributed by atoms with Crippen LogP contribution >= 0.6 is 0 Å². The lowest BCUT2D eigenvalue weighted by Crippen LogP contribution is -2.44. The van der Waals surface area contributed by atoms with Crippen molar-refractivity contribution in [3.8, 4) is 0 Å². The van der Waals surface area contributed by atoms with E-state index in [2.05, 4.69) is 74.6 Å². The molecule has 2 unspecified atom stereocenters. The van der Waals surface area contributed by atoms with Crippen molar-refractivity contribution in [2.75, 3.05) is 47.5 Å². The smallest absolute Gasteiger partial charge is 0.306 e. The third-order valence-corrected chi connectivity index (χ3v) is 18.2. The number of likely N-dealkylation sites (N-methyl/N-ethyl adjacent to an activating group) is 1. The van der Waals surface area contributed by atoms with E-state index in [-0.39, 0.29) is 32.2 Å². The number of carboxylic acid groups (broad SMARTS) is 1. The second kappa shape index (κ2) is 74.8. The van der Waals surface area contributed by atoms with Crippen LogP contribution in [0.25, 0.3) is 0 Å². The van der Waals surface area contributed by atoms with Gasteiger partial charge in [-0.3, -0.25) is 9.59 Å². The molecule has 9 heteroatoms. The number of aliphatic carboxylic acids is 1. The van der Waals surface area contributed by atoms with E-state index in [4.69, 9.17) is 18.9 Å². The second-order valence-electron chi connectivity index (χ2n) is 28.7. The summed E-state index contributed by atoms with van der Waals surface area (Å²) >= 11 is 0. The lowest BCUT2D eigenvalue weighted by atomic mass is 10.0. The number of allylic oxidation sites excluding steroid dienone is 10. The normalized spacial score (nSPS) is 12.9. The first-order valence-corrected chi connectivity index (χ1v) is 40.4. The molecule has 93 heavy (non-hydrogen) atoms. The number of hydrogen-bond donors (Lipinski definition) is 0. The molecule has 0 aliphatic carbocycles. The minimum atomic E-state index is -1.62. The summed E-state index contributed by atoms with van der Waals surface area (Å²) in [6.45, 7) is 4.79. The Morgan fingerprint density at radius 3 is 0.860 bits per heavy atom. The van der Waals surface area contributed by atoms with E-state index in [1.165, 1.54) is 315 Å². The summed E-state index contributed by atoms with van der Waals surface area (Å²) in [5.41, 5.74) is 0. The fourth-order valence-electron chi connectivity index (χ4n) is 12.1. The lowest BCUT2D eigenvalue weighted by Gasteiger charge is -2.26. The van der Waals surface area contributed by atoms with E-state index in [1.54, 1.807) is 0 Å². The highest BCUT2D eigenvalue weighted by Gasteiger charge is 2.22. The topological polar surface area (TPSA) is 111 Å². The third kappa shape index (κ3) is 76.2. The van der Waals surface area contributed by atoms with Crippen LogP contribution in [0.1, 0.15) is 399 Å². The maximum Gasteiger partial charge on any atom is 0.306 e. The zero-order valence-electron chi connectivity index (χ0n) is 62.4. The van der Waals surface area contributed by atoms with Gasteiger partial charge in [0.15, 0.2) is 12.4 Å². The molecule has 0 bridgehead atoms. The van der Waals surface area contributed by atoms with Crippen molar-refractivity contribution < 1.29 is 42.9 Å². The molecule has 0 aromatic carbocycles. The van der Waals surface area contributed by atoms with Crippen LogP contribution in [0.3, 0.4) is 0 Å². The number of carbonyl (C=O) groups is 3. The Hall–Kier alpha value is -3.01. The average Bonchev–Trinajstić information content (AvgIpc) is 3.38. The maximum atomic E-state index is 13.0. The molecule has 544 valence electrons. The Kier molecular flexibility index (Phi) is 72.4. The van der Waals surface area contributed by atoms with E-state index in [1.807, 2.05) is 21.1 Å². The third-order valence-electron chi connectivity index (χ3n) is 18.2. The largest absolute Gasteiger partial charge is 0.545 e. The van der Waals surface area contributed by atoms with Gasteiger partial charge in [-0.15, -0.1) is 0 Å². The molecule has 0 aliphatic heterocycles. The van der Waals surface area contributed by atoms with Crippen LogP contribution in [0, 0.1) is 0 Å². The monoisotopic (exact) mass is 1310 g/mol. The second-order valence-corrected chi connectivity index (χ2v) is 28.7. The van der Waals surface area contributed by atoms with Gasteiger partial charge >= 0.3 is 11.9 Å². The number of quaternary nitrogens is 1. The molecule has 0 N–H and O–H groups in total. The molecule has 2 atom stereocenters. The fourth-order valence-corrected chi connectivity index (χ4v) is 12.1. The molecule has 9 nitrogen and oxygen atoms in total. The van der Waals surface area contributed by atoms with E-state index < -0.39 is 24.3 Å². The van der Waals surface area contributed by atoms with Gasteiger partial charge in [0.05, 0.1) is 40.3 Å². The first-order valence-electron chi connectivity index (χ1n) is 40.4. The van der Waals surface area contributed by atoms with Crippen molar-refractivity contribution in [3.05, 3.63) is 60.8 Å². The van der Waals surface area contributed by atoms with Crippen molar-refractivity contribution in [1.29, 1.82) is 0 Å².